The minimum absolute atomic E-state index is 0.00836. The van der Waals surface area contributed by atoms with Crippen LogP contribution in [0.4, 0.5) is 4.39 Å². The van der Waals surface area contributed by atoms with Crippen LogP contribution in [0.3, 0.4) is 0 Å². The lowest BCUT2D eigenvalue weighted by molar-refractivity contribution is -0.152. The van der Waals surface area contributed by atoms with Gasteiger partial charge in [0.1, 0.15) is 11.5 Å². The highest BCUT2D eigenvalue weighted by atomic mass is 32.2. The van der Waals surface area contributed by atoms with Gasteiger partial charge in [0.25, 0.3) is 0 Å². The lowest BCUT2D eigenvalue weighted by atomic mass is 9.92. The first-order valence-corrected chi connectivity index (χ1v) is 14.0. The van der Waals surface area contributed by atoms with Crippen molar-refractivity contribution in [1.29, 1.82) is 0 Å². The molecule has 0 spiro atoms. The van der Waals surface area contributed by atoms with Gasteiger partial charge in [-0.1, -0.05) is 23.4 Å². The molecule has 0 unspecified atom stereocenters. The largest absolute Gasteiger partial charge is 0.466 e. The van der Waals surface area contributed by atoms with Crippen molar-refractivity contribution < 1.29 is 31.7 Å². The summed E-state index contributed by atoms with van der Waals surface area (Å²) < 4.78 is 52.6. The zero-order valence-electron chi connectivity index (χ0n) is 21.1. The van der Waals surface area contributed by atoms with Gasteiger partial charge in [0.15, 0.2) is 10.7 Å². The molecule has 0 bridgehead atoms. The summed E-state index contributed by atoms with van der Waals surface area (Å²) >= 11 is 0. The van der Waals surface area contributed by atoms with E-state index in [1.807, 2.05) is 0 Å². The number of carbonyl (C=O) groups excluding carboxylic acids is 2. The molecule has 2 saturated heterocycles. The Hall–Kier alpha value is -3.05. The second kappa shape index (κ2) is 11.6. The van der Waals surface area contributed by atoms with E-state index in [1.54, 1.807) is 36.9 Å². The predicted molar refractivity (Wildman–Crippen MR) is 134 cm³/mol. The number of hydrogen-bond acceptors (Lipinski definition) is 7. The molecular weight excluding hydrogens is 501 g/mol. The number of ether oxygens (including phenoxy) is 1. The molecule has 9 nitrogen and oxygen atoms in total. The fourth-order valence-electron chi connectivity index (χ4n) is 4.90. The van der Waals surface area contributed by atoms with Crippen molar-refractivity contribution in [3.05, 3.63) is 47.1 Å². The van der Waals surface area contributed by atoms with Gasteiger partial charge >= 0.3 is 5.97 Å². The normalized spacial score (nSPS) is 18.4. The van der Waals surface area contributed by atoms with Gasteiger partial charge in [-0.3, -0.25) is 9.59 Å². The van der Waals surface area contributed by atoms with Gasteiger partial charge in [0.2, 0.25) is 15.9 Å². The third kappa shape index (κ3) is 5.93. The summed E-state index contributed by atoms with van der Waals surface area (Å²) in [6.45, 7) is 5.05. The van der Waals surface area contributed by atoms with Crippen LogP contribution in [0.2, 0.25) is 0 Å². The number of amides is 1. The number of piperidine rings is 2. The Kier molecular flexibility index (Phi) is 8.43. The number of benzene rings is 1. The molecule has 2 aliphatic heterocycles. The van der Waals surface area contributed by atoms with Gasteiger partial charge in [-0.25, -0.2) is 12.8 Å². The highest BCUT2D eigenvalue weighted by molar-refractivity contribution is 7.89. The fourth-order valence-corrected chi connectivity index (χ4v) is 6.62. The number of aromatic nitrogens is 1. The first kappa shape index (κ1) is 27.0. The summed E-state index contributed by atoms with van der Waals surface area (Å²) in [4.78, 5) is 26.8. The second-order valence-corrected chi connectivity index (χ2v) is 11.2. The molecule has 0 saturated carbocycles. The van der Waals surface area contributed by atoms with E-state index in [2.05, 4.69) is 5.16 Å². The van der Waals surface area contributed by atoms with E-state index in [9.17, 15) is 22.4 Å². The fraction of sp³-hybridized carbons (Fsp3) is 0.500. The number of esters is 1. The summed E-state index contributed by atoms with van der Waals surface area (Å²) in [5.41, 5.74) is 0.515. The van der Waals surface area contributed by atoms with Crippen LogP contribution in [0.15, 0.2) is 33.7 Å². The minimum atomic E-state index is -3.94. The Bertz CT molecular complexity index is 1260. The van der Waals surface area contributed by atoms with Crippen molar-refractivity contribution in [3.63, 3.8) is 0 Å². The van der Waals surface area contributed by atoms with Crippen molar-refractivity contribution >= 4 is 34.1 Å². The molecule has 0 aliphatic carbocycles. The predicted octanol–water partition coefficient (Wildman–Crippen LogP) is 3.49. The maximum atomic E-state index is 14.0. The van der Waals surface area contributed by atoms with Crippen LogP contribution >= 0.6 is 0 Å². The summed E-state index contributed by atoms with van der Waals surface area (Å²) in [7, 11) is -3.94. The van der Waals surface area contributed by atoms with E-state index in [0.29, 0.717) is 50.9 Å². The topological polar surface area (TPSA) is 110 Å². The van der Waals surface area contributed by atoms with Crippen molar-refractivity contribution in [3.8, 4) is 0 Å². The van der Waals surface area contributed by atoms with Crippen LogP contribution < -0.4 is 0 Å². The molecule has 2 aliphatic rings. The molecule has 3 heterocycles. The molecule has 2 fully saturated rings. The Balaban J connectivity index is 1.38. The summed E-state index contributed by atoms with van der Waals surface area (Å²) in [6, 6.07) is 6.14. The highest BCUT2D eigenvalue weighted by Gasteiger charge is 2.38. The van der Waals surface area contributed by atoms with Gasteiger partial charge in [0.05, 0.1) is 12.5 Å². The molecular formula is C26H32FN3O6S. The van der Waals surface area contributed by atoms with Gasteiger partial charge in [-0.15, -0.1) is 0 Å². The monoisotopic (exact) mass is 533 g/mol. The number of likely N-dealkylation sites (tertiary alicyclic amines) is 1. The van der Waals surface area contributed by atoms with Crippen LogP contribution in [0.5, 0.6) is 0 Å². The number of aryl methyl sites for hydroxylation is 1. The van der Waals surface area contributed by atoms with E-state index < -0.39 is 15.8 Å². The number of sulfonamides is 1. The number of carbonyl (C=O) groups is 2. The Morgan fingerprint density at radius 2 is 1.73 bits per heavy atom. The number of nitrogens with zero attached hydrogens (tertiary/aromatic N) is 3. The molecule has 11 heteroatoms. The molecule has 1 aromatic carbocycles. The van der Waals surface area contributed by atoms with Crippen LogP contribution in [0, 0.1) is 24.6 Å². The summed E-state index contributed by atoms with van der Waals surface area (Å²) in [5.74, 6) is -1.05. The van der Waals surface area contributed by atoms with Crippen LogP contribution in [-0.2, 0) is 24.3 Å². The quantitative estimate of drug-likeness (QED) is 0.501. The van der Waals surface area contributed by atoms with E-state index in [-0.39, 0.29) is 53.2 Å². The molecule has 0 N–H and O–H groups in total. The minimum Gasteiger partial charge on any atom is -0.466 e. The first-order chi connectivity index (χ1) is 17.7. The molecule has 0 radical (unpaired) electrons. The maximum absolute atomic E-state index is 14.0. The number of halogens is 1. The second-order valence-electron chi connectivity index (χ2n) is 9.35. The van der Waals surface area contributed by atoms with Gasteiger partial charge < -0.3 is 14.2 Å². The van der Waals surface area contributed by atoms with E-state index in [1.165, 1.54) is 22.5 Å². The molecule has 2 aromatic rings. The van der Waals surface area contributed by atoms with E-state index >= 15 is 0 Å². The average Bonchev–Trinajstić information content (AvgIpc) is 3.29. The third-order valence-corrected chi connectivity index (χ3v) is 9.04. The van der Waals surface area contributed by atoms with Crippen molar-refractivity contribution in [2.24, 2.45) is 11.8 Å². The summed E-state index contributed by atoms with van der Waals surface area (Å²) in [6.07, 6.45) is 4.81. The Morgan fingerprint density at radius 3 is 2.38 bits per heavy atom. The van der Waals surface area contributed by atoms with Gasteiger partial charge in [-0.05, 0) is 57.7 Å². The number of rotatable bonds is 7. The zero-order chi connectivity index (χ0) is 26.6. The molecule has 200 valence electrons. The lowest BCUT2D eigenvalue weighted by Crippen LogP contribution is -2.47. The van der Waals surface area contributed by atoms with E-state index in [0.717, 1.165) is 0 Å². The first-order valence-electron chi connectivity index (χ1n) is 12.6. The van der Waals surface area contributed by atoms with Gasteiger partial charge in [-0.2, -0.15) is 4.31 Å². The van der Waals surface area contributed by atoms with E-state index in [4.69, 9.17) is 9.26 Å². The third-order valence-electron chi connectivity index (χ3n) is 6.98. The Labute approximate surface area is 216 Å². The lowest BCUT2D eigenvalue weighted by Gasteiger charge is -2.36. The molecule has 37 heavy (non-hydrogen) atoms. The van der Waals surface area contributed by atoms with Crippen molar-refractivity contribution in [2.45, 2.75) is 44.4 Å². The molecule has 1 aromatic heterocycles. The van der Waals surface area contributed by atoms with Crippen LogP contribution in [-0.4, -0.2) is 67.4 Å². The molecule has 0 atom stereocenters. The molecule has 4 rings (SSSR count). The van der Waals surface area contributed by atoms with Crippen LogP contribution in [0.25, 0.3) is 12.2 Å². The average molecular weight is 534 g/mol. The maximum Gasteiger partial charge on any atom is 0.309 e. The molecule has 1 amide bonds. The van der Waals surface area contributed by atoms with Crippen molar-refractivity contribution in [1.82, 2.24) is 14.4 Å². The standard InChI is InChI=1S/C26H32FN3O6S/c1-3-35-26(32)21-10-14-29(15-11-21)25(31)20-12-16-30(17-13-20)37(33,34)24-18(2)28-36-23(24)9-8-19-6-4-5-7-22(19)27/h4-9,20-21H,3,10-17H2,1-2H3/b9-8+. The highest BCUT2D eigenvalue weighted by Crippen LogP contribution is 2.31. The SMILES string of the molecule is CCOC(=O)C1CCN(C(=O)C2CCN(S(=O)(=O)c3c(C)noc3/C=C/c3ccccc3F)CC2)CC1. The van der Waals surface area contributed by atoms with Crippen molar-refractivity contribution in [2.75, 3.05) is 32.8 Å². The zero-order valence-corrected chi connectivity index (χ0v) is 21.9. The smallest absolute Gasteiger partial charge is 0.309 e. The van der Waals surface area contributed by atoms with Gasteiger partial charge in [0, 0.05) is 37.7 Å². The summed E-state index contributed by atoms with van der Waals surface area (Å²) in [5, 5.41) is 3.83. The Morgan fingerprint density at radius 1 is 1.08 bits per heavy atom. The van der Waals surface area contributed by atoms with Crippen LogP contribution in [0.1, 0.15) is 49.6 Å². The number of hydrogen-bond donors (Lipinski definition) is 0.